The molecule has 0 aromatic heterocycles. The molecule has 0 unspecified atom stereocenters. The van der Waals surface area contributed by atoms with Gasteiger partial charge in [-0.05, 0) is 36.8 Å². The monoisotopic (exact) mass is 323 g/mol. The van der Waals surface area contributed by atoms with Gasteiger partial charge in [0.2, 0.25) is 5.91 Å². The summed E-state index contributed by atoms with van der Waals surface area (Å²) in [5.41, 5.74) is 0.735. The van der Waals surface area contributed by atoms with Gasteiger partial charge in [0.05, 0.1) is 0 Å². The van der Waals surface area contributed by atoms with E-state index in [9.17, 15) is 17.6 Å². The lowest BCUT2D eigenvalue weighted by molar-refractivity contribution is -0.114. The molecule has 0 fully saturated rings. The first kappa shape index (κ1) is 16.0. The van der Waals surface area contributed by atoms with Crippen LogP contribution in [0.15, 0.2) is 47.4 Å². The summed E-state index contributed by atoms with van der Waals surface area (Å²) >= 11 is 0. The minimum Gasteiger partial charge on any atom is -0.376 e. The van der Waals surface area contributed by atoms with E-state index in [0.29, 0.717) is 11.3 Å². The number of hydrogen-bond donors (Lipinski definition) is 1. The lowest BCUT2D eigenvalue weighted by Gasteiger charge is -2.11. The van der Waals surface area contributed by atoms with Gasteiger partial charge in [-0.15, -0.1) is 0 Å². The molecule has 0 saturated carbocycles. The molecule has 2 rings (SSSR count). The maximum Gasteiger partial charge on any atom is 0.339 e. The van der Waals surface area contributed by atoms with Crippen molar-refractivity contribution in [2.45, 2.75) is 18.7 Å². The third-order valence-electron chi connectivity index (χ3n) is 2.81. The molecule has 1 amide bonds. The fourth-order valence-electron chi connectivity index (χ4n) is 1.83. The van der Waals surface area contributed by atoms with Crippen LogP contribution in [-0.4, -0.2) is 14.3 Å². The molecule has 2 aromatic rings. The van der Waals surface area contributed by atoms with Crippen molar-refractivity contribution in [2.75, 3.05) is 5.32 Å². The van der Waals surface area contributed by atoms with Crippen LogP contribution in [-0.2, 0) is 14.9 Å². The summed E-state index contributed by atoms with van der Waals surface area (Å²) in [4.78, 5) is 10.9. The Labute approximate surface area is 127 Å². The first-order chi connectivity index (χ1) is 10.3. The van der Waals surface area contributed by atoms with Crippen molar-refractivity contribution in [1.82, 2.24) is 0 Å². The molecule has 22 heavy (non-hydrogen) atoms. The van der Waals surface area contributed by atoms with Gasteiger partial charge in [0.15, 0.2) is 11.6 Å². The number of hydrogen-bond acceptors (Lipinski definition) is 4. The highest BCUT2D eigenvalue weighted by Crippen LogP contribution is 2.25. The Balaban J connectivity index is 2.41. The van der Waals surface area contributed by atoms with Crippen molar-refractivity contribution in [2.24, 2.45) is 0 Å². The summed E-state index contributed by atoms with van der Waals surface area (Å²) in [7, 11) is -4.22. The normalized spacial score (nSPS) is 11.0. The van der Waals surface area contributed by atoms with E-state index in [1.165, 1.54) is 37.3 Å². The van der Waals surface area contributed by atoms with Crippen molar-refractivity contribution < 1.29 is 21.8 Å². The van der Waals surface area contributed by atoms with Gasteiger partial charge in [-0.25, -0.2) is 4.39 Å². The molecule has 1 N–H and O–H groups in total. The Bertz CT molecular complexity index is 818. The molecule has 2 aromatic carbocycles. The van der Waals surface area contributed by atoms with Crippen LogP contribution in [0, 0.1) is 12.7 Å². The van der Waals surface area contributed by atoms with Gasteiger partial charge in [-0.3, -0.25) is 4.79 Å². The summed E-state index contributed by atoms with van der Waals surface area (Å²) < 4.78 is 43.0. The van der Waals surface area contributed by atoms with Crippen molar-refractivity contribution in [3.05, 3.63) is 53.8 Å². The van der Waals surface area contributed by atoms with Crippen LogP contribution >= 0.6 is 0 Å². The summed E-state index contributed by atoms with van der Waals surface area (Å²) in [5, 5.41) is 2.49. The number of carbonyl (C=O) groups excluding carboxylic acids is 1. The van der Waals surface area contributed by atoms with Crippen molar-refractivity contribution in [3.8, 4) is 5.75 Å². The molecule has 0 bridgehead atoms. The van der Waals surface area contributed by atoms with Crippen LogP contribution < -0.4 is 9.50 Å². The quantitative estimate of drug-likeness (QED) is 0.878. The van der Waals surface area contributed by atoms with E-state index in [4.69, 9.17) is 4.18 Å². The largest absolute Gasteiger partial charge is 0.376 e. The van der Waals surface area contributed by atoms with Gasteiger partial charge in [0.1, 0.15) is 4.90 Å². The predicted octanol–water partition coefficient (Wildman–Crippen LogP) is 2.86. The van der Waals surface area contributed by atoms with E-state index in [1.54, 1.807) is 13.0 Å². The number of halogens is 1. The fraction of sp³-hybridized carbons (Fsp3) is 0.133. The highest BCUT2D eigenvalue weighted by atomic mass is 32.2. The number of nitrogens with one attached hydrogen (secondary N) is 1. The molecular weight excluding hydrogens is 309 g/mol. The standard InChI is InChI=1S/C15H14FNO4S/c1-10-7-8-12(17-11(2)18)9-15(10)22(19,20)21-14-6-4-3-5-13(14)16/h3-9H,1-2H3,(H,17,18). The molecule has 0 atom stereocenters. The lowest BCUT2D eigenvalue weighted by Crippen LogP contribution is -2.13. The third kappa shape index (κ3) is 3.62. The smallest absolute Gasteiger partial charge is 0.339 e. The Kier molecular flexibility index (Phi) is 4.46. The van der Waals surface area contributed by atoms with Crippen LogP contribution in [0.5, 0.6) is 5.75 Å². The zero-order chi connectivity index (χ0) is 16.3. The fourth-order valence-corrected chi connectivity index (χ4v) is 3.02. The van der Waals surface area contributed by atoms with E-state index in [0.717, 1.165) is 6.07 Å². The lowest BCUT2D eigenvalue weighted by atomic mass is 10.2. The van der Waals surface area contributed by atoms with Crippen molar-refractivity contribution >= 4 is 21.7 Å². The molecule has 0 spiro atoms. The second-order valence-electron chi connectivity index (χ2n) is 4.63. The second-order valence-corrected chi connectivity index (χ2v) is 6.14. The number of anilines is 1. The first-order valence-corrected chi connectivity index (χ1v) is 7.77. The third-order valence-corrected chi connectivity index (χ3v) is 4.19. The first-order valence-electron chi connectivity index (χ1n) is 6.37. The molecule has 0 aliphatic rings. The minimum absolute atomic E-state index is 0.137. The Hall–Kier alpha value is -2.41. The molecule has 0 heterocycles. The zero-order valence-corrected chi connectivity index (χ0v) is 12.8. The van der Waals surface area contributed by atoms with Crippen LogP contribution in [0.1, 0.15) is 12.5 Å². The number of amides is 1. The second kappa shape index (κ2) is 6.15. The van der Waals surface area contributed by atoms with E-state index >= 15 is 0 Å². The number of para-hydroxylation sites is 1. The average molecular weight is 323 g/mol. The van der Waals surface area contributed by atoms with Crippen LogP contribution in [0.3, 0.4) is 0 Å². The Morgan fingerprint density at radius 2 is 1.86 bits per heavy atom. The van der Waals surface area contributed by atoms with Crippen LogP contribution in [0.2, 0.25) is 0 Å². The number of benzene rings is 2. The molecule has 0 saturated heterocycles. The van der Waals surface area contributed by atoms with E-state index in [2.05, 4.69) is 5.32 Å². The molecule has 116 valence electrons. The zero-order valence-electron chi connectivity index (χ0n) is 12.0. The van der Waals surface area contributed by atoms with E-state index in [-0.39, 0.29) is 16.6 Å². The van der Waals surface area contributed by atoms with Gasteiger partial charge in [0.25, 0.3) is 0 Å². The number of rotatable bonds is 4. The molecule has 0 aliphatic carbocycles. The maximum absolute atomic E-state index is 13.5. The average Bonchev–Trinajstić information content (AvgIpc) is 2.42. The maximum atomic E-state index is 13.5. The minimum atomic E-state index is -4.22. The molecule has 7 heteroatoms. The van der Waals surface area contributed by atoms with Gasteiger partial charge in [-0.1, -0.05) is 18.2 Å². The predicted molar refractivity (Wildman–Crippen MR) is 79.7 cm³/mol. The molecule has 0 aliphatic heterocycles. The van der Waals surface area contributed by atoms with Crippen LogP contribution in [0.4, 0.5) is 10.1 Å². The van der Waals surface area contributed by atoms with Gasteiger partial charge < -0.3 is 9.50 Å². The van der Waals surface area contributed by atoms with Crippen molar-refractivity contribution in [1.29, 1.82) is 0 Å². The molecule has 0 radical (unpaired) electrons. The van der Waals surface area contributed by atoms with Gasteiger partial charge in [-0.2, -0.15) is 8.42 Å². The topological polar surface area (TPSA) is 72.5 Å². The summed E-state index contributed by atoms with van der Waals surface area (Å²) in [5.74, 6) is -1.49. The highest BCUT2D eigenvalue weighted by molar-refractivity contribution is 7.87. The summed E-state index contributed by atoms with van der Waals surface area (Å²) in [6.07, 6.45) is 0. The Morgan fingerprint density at radius 1 is 1.18 bits per heavy atom. The summed E-state index contributed by atoms with van der Waals surface area (Å²) in [6.45, 7) is 2.89. The SMILES string of the molecule is CC(=O)Nc1ccc(C)c(S(=O)(=O)Oc2ccccc2F)c1. The molecule has 5 nitrogen and oxygen atoms in total. The van der Waals surface area contributed by atoms with Crippen LogP contribution in [0.25, 0.3) is 0 Å². The Morgan fingerprint density at radius 3 is 2.50 bits per heavy atom. The van der Waals surface area contributed by atoms with E-state index < -0.39 is 15.9 Å². The molecular formula is C15H14FNO4S. The highest BCUT2D eigenvalue weighted by Gasteiger charge is 2.21. The number of carbonyl (C=O) groups is 1. The summed E-state index contributed by atoms with van der Waals surface area (Å²) in [6, 6.07) is 9.59. The number of aryl methyl sites for hydroxylation is 1. The van der Waals surface area contributed by atoms with E-state index in [1.807, 2.05) is 0 Å². The van der Waals surface area contributed by atoms with Gasteiger partial charge >= 0.3 is 10.1 Å². The van der Waals surface area contributed by atoms with Crippen molar-refractivity contribution in [3.63, 3.8) is 0 Å². The van der Waals surface area contributed by atoms with Gasteiger partial charge in [0, 0.05) is 12.6 Å².